The minimum absolute atomic E-state index is 0. The van der Waals surface area contributed by atoms with Crippen LogP contribution >= 0.6 is 9.03 Å². The number of aliphatic hydroxyl groups is 3. The van der Waals surface area contributed by atoms with Crippen molar-refractivity contribution in [2.24, 2.45) is 5.41 Å². The summed E-state index contributed by atoms with van der Waals surface area (Å²) in [4.78, 5) is 0. The van der Waals surface area contributed by atoms with Crippen molar-refractivity contribution in [3.05, 3.63) is 13.8 Å². The molecule has 0 amide bonds. The van der Waals surface area contributed by atoms with Gasteiger partial charge in [0.05, 0.1) is 57.5 Å². The summed E-state index contributed by atoms with van der Waals surface area (Å²) < 4.78 is 71.9. The molecule has 0 heterocycles. The zero-order valence-electron chi connectivity index (χ0n) is 34.6. The number of nitriles is 1. The molecule has 10 nitrogen and oxygen atoms in total. The maximum Gasteiger partial charge on any atom is 2.00 e. The summed E-state index contributed by atoms with van der Waals surface area (Å²) in [6.07, 6.45) is 8.12. The van der Waals surface area contributed by atoms with Gasteiger partial charge in [0.2, 0.25) is 4.29 Å². The number of hydrogen-bond acceptors (Lipinski definition) is 10. The van der Waals surface area contributed by atoms with Gasteiger partial charge < -0.3 is 57.2 Å². The fourth-order valence-corrected chi connectivity index (χ4v) is 3.34. The molecule has 274 valence electrons. The molecule has 1 atom stereocenters. The van der Waals surface area contributed by atoms with E-state index in [-0.39, 0.29) is 25.5 Å². The Morgan fingerprint density at radius 3 is 1.39 bits per heavy atom. The van der Waals surface area contributed by atoms with Gasteiger partial charge in [0.15, 0.2) is 9.03 Å². The number of unbranched alkanes of at least 4 members (excludes halogenated alkanes) is 3. The monoisotopic (exact) mass is 712 g/mol. The first kappa shape index (κ1) is 44.1. The predicted molar refractivity (Wildman–Crippen MR) is 181 cm³/mol. The predicted octanol–water partition coefficient (Wildman–Crippen LogP) is 6.57. The second-order valence-electron chi connectivity index (χ2n) is 8.99. The maximum absolute atomic E-state index is 8.45. The first-order valence-electron chi connectivity index (χ1n) is 18.8. The Kier molecular flexibility index (Phi) is 55.5. The molecular formula is C32H72NNiO9P. The Morgan fingerprint density at radius 2 is 1.02 bits per heavy atom. The molecule has 0 aromatic heterocycles. The molecule has 3 N–H and O–H groups in total. The summed E-state index contributed by atoms with van der Waals surface area (Å²) in [6.45, 7) is 16.4. The van der Waals surface area contributed by atoms with E-state index in [1.807, 2.05) is 19.9 Å². The van der Waals surface area contributed by atoms with Crippen LogP contribution in [0, 0.1) is 30.6 Å². The smallest absolute Gasteiger partial charge is 0.396 e. The van der Waals surface area contributed by atoms with Crippen LogP contribution in [-0.2, 0) is 44.5 Å². The van der Waals surface area contributed by atoms with E-state index in [0.717, 1.165) is 38.5 Å². The van der Waals surface area contributed by atoms with Gasteiger partial charge in [-0.25, -0.2) is 0 Å². The standard InChI is InChI=1S/C23H46NO9P.2C3H7.3CH4.Ni/c24-9-5-18-33-34-32-17-4-2-1-3-13-28-19-23(20-29-14-6-10-25,21-30-15-7-11-26)22-31-16-8-12-27;2*1-3-2;;;;/h25-27,34H,1-8,10-22H2;2*1,3H2,2H3;3*1H4;/q;2*-1;;;;+2/i25D,26D,27D;;;3*1T;. The molecule has 0 saturated heterocycles. The van der Waals surface area contributed by atoms with Crippen LogP contribution in [0.15, 0.2) is 0 Å². The summed E-state index contributed by atoms with van der Waals surface area (Å²) in [5.74, 6) is 0. The van der Waals surface area contributed by atoms with Gasteiger partial charge in [-0.2, -0.15) is 18.1 Å². The fraction of sp³-hybridized carbons (Fsp3) is 0.906. The van der Waals surface area contributed by atoms with Crippen LogP contribution < -0.4 is 0 Å². The van der Waals surface area contributed by atoms with Gasteiger partial charge in [0.1, 0.15) is 0 Å². The van der Waals surface area contributed by atoms with Gasteiger partial charge in [0, 0.05) is 50.4 Å². The molecule has 0 bridgehead atoms. The minimum Gasteiger partial charge on any atom is -0.396 e. The SMILES string of the molecule is [2H]OCCCOCC(COCCCCCCOPOCCC#N)(COCCCO[2H])COCCCO[2H].[3H]C.[3H]C.[3H]C.[CH2-]CC.[CH2-]CC.[Ni+2]. The summed E-state index contributed by atoms with van der Waals surface area (Å²) in [7, 11) is 3.74. The van der Waals surface area contributed by atoms with Crippen LogP contribution in [0.25, 0.3) is 0 Å². The molecule has 0 aromatic rings. The van der Waals surface area contributed by atoms with Crippen molar-refractivity contribution >= 4 is 9.03 Å². The number of aliphatic hydroxyl groups excluding tert-OH is 3. The Hall–Kier alpha value is 0.0535. The van der Waals surface area contributed by atoms with Gasteiger partial charge in [-0.1, -0.05) is 48.9 Å². The molecule has 0 aliphatic carbocycles. The van der Waals surface area contributed by atoms with E-state index >= 15 is 0 Å². The van der Waals surface area contributed by atoms with E-state index in [9.17, 15) is 0 Å². The van der Waals surface area contributed by atoms with Crippen molar-refractivity contribution in [2.75, 3.05) is 85.9 Å². The first-order chi connectivity index (χ1) is 24.1. The van der Waals surface area contributed by atoms with Crippen LogP contribution in [0.4, 0.5) is 0 Å². The number of rotatable bonds is 31. The van der Waals surface area contributed by atoms with Crippen LogP contribution in [0.2, 0.25) is 0 Å². The van der Waals surface area contributed by atoms with Crippen LogP contribution in [-0.4, -0.2) is 106 Å². The quantitative estimate of drug-likeness (QED) is 0.0313. The van der Waals surface area contributed by atoms with E-state index < -0.39 is 5.41 Å². The topological polar surface area (TPSA) is 140 Å². The average Bonchev–Trinajstić information content (AvgIpc) is 3.13. The zero-order chi connectivity index (χ0) is 38.5. The number of nitrogens with zero attached hydrogens (tertiary/aromatic N) is 1. The average molecular weight is 714 g/mol. The van der Waals surface area contributed by atoms with Gasteiger partial charge in [0.25, 0.3) is 0 Å². The molecule has 0 fully saturated rings. The number of ether oxygens (including phenoxy) is 4. The molecule has 0 aromatic carbocycles. The third-order valence-corrected chi connectivity index (χ3v) is 5.29. The second-order valence-corrected chi connectivity index (χ2v) is 9.73. The summed E-state index contributed by atoms with van der Waals surface area (Å²) in [6, 6.07) is 2.02. The van der Waals surface area contributed by atoms with Crippen molar-refractivity contribution < 1.29 is 63.9 Å². The fourth-order valence-electron chi connectivity index (χ4n) is 2.84. The molecule has 12 heteroatoms. The van der Waals surface area contributed by atoms with Crippen LogP contribution in [0.5, 0.6) is 0 Å². The molecule has 0 radical (unpaired) electrons. The molecule has 0 saturated carbocycles. The van der Waals surface area contributed by atoms with Crippen molar-refractivity contribution in [2.45, 2.75) is 100 Å². The Bertz CT molecular complexity index is 523. The summed E-state index contributed by atoms with van der Waals surface area (Å²) >= 11 is 0. The Labute approximate surface area is 293 Å². The van der Waals surface area contributed by atoms with E-state index in [1.54, 1.807) is 0 Å². The van der Waals surface area contributed by atoms with E-state index in [0.29, 0.717) is 112 Å². The Morgan fingerprint density at radius 1 is 0.682 bits per heavy atom. The molecule has 0 aliphatic rings. The Balaban J connectivity index is -0.000000251. The van der Waals surface area contributed by atoms with Gasteiger partial charge in [-0.3, -0.25) is 0 Å². The summed E-state index contributed by atoms with van der Waals surface area (Å²) in [5.41, 5.74) is -0.522. The van der Waals surface area contributed by atoms with E-state index in [2.05, 4.69) is 29.2 Å². The van der Waals surface area contributed by atoms with Crippen molar-refractivity contribution in [3.8, 4) is 6.07 Å². The largest absolute Gasteiger partial charge is 2.00 e. The molecule has 0 aliphatic heterocycles. The van der Waals surface area contributed by atoms with E-state index in [4.69, 9.17) is 41.7 Å². The minimum atomic E-state index is -0.522. The molecule has 1 unspecified atom stereocenters. The first-order valence-corrected chi connectivity index (χ1v) is 15.4. The third kappa shape index (κ3) is 51.6. The van der Waals surface area contributed by atoms with Crippen molar-refractivity contribution in [3.63, 3.8) is 0 Å². The summed E-state index contributed by atoms with van der Waals surface area (Å²) in [5, 5.41) is 21.5. The molecule has 0 spiro atoms. The second kappa shape index (κ2) is 55.5. The van der Waals surface area contributed by atoms with Crippen molar-refractivity contribution in [1.82, 2.24) is 0 Å². The van der Waals surface area contributed by atoms with E-state index in [1.165, 1.54) is 22.2 Å². The number of hydrogen-bond donors (Lipinski definition) is 3. The molecular weight excluding hydrogens is 632 g/mol. The maximum atomic E-state index is 8.45. The normalized spacial score (nSPS) is 11.5. The van der Waals surface area contributed by atoms with Crippen molar-refractivity contribution in [1.29, 1.82) is 9.56 Å². The third-order valence-electron chi connectivity index (χ3n) is 4.65. The van der Waals surface area contributed by atoms with Gasteiger partial charge >= 0.3 is 16.5 Å². The van der Waals surface area contributed by atoms with Gasteiger partial charge in [-0.15, -0.1) is 0 Å². The van der Waals surface area contributed by atoms with Gasteiger partial charge in [-0.05, 0) is 32.1 Å². The molecule has 0 rings (SSSR count). The molecule has 44 heavy (non-hydrogen) atoms. The zero-order valence-corrected chi connectivity index (χ0v) is 30.6. The van der Waals surface area contributed by atoms with Crippen LogP contribution in [0.1, 0.15) is 104 Å². The van der Waals surface area contributed by atoms with Crippen LogP contribution in [0.3, 0.4) is 0 Å².